The predicted octanol–water partition coefficient (Wildman–Crippen LogP) is 3.00. The largest absolute Gasteiger partial charge is 0.481 e. The third-order valence-corrected chi connectivity index (χ3v) is 3.87. The van der Waals surface area contributed by atoms with Crippen molar-refractivity contribution in [2.45, 2.75) is 38.5 Å². The molecule has 1 saturated heterocycles. The van der Waals surface area contributed by atoms with Crippen molar-refractivity contribution < 1.29 is 23.9 Å². The molecule has 0 radical (unpaired) electrons. The first-order valence-electron chi connectivity index (χ1n) is 8.00. The van der Waals surface area contributed by atoms with E-state index in [0.29, 0.717) is 30.5 Å². The Morgan fingerprint density at radius 2 is 1.96 bits per heavy atom. The number of carboxylic acids is 1. The number of rotatable bonds is 8. The van der Waals surface area contributed by atoms with Gasteiger partial charge in [0, 0.05) is 18.5 Å². The summed E-state index contributed by atoms with van der Waals surface area (Å²) in [5.74, 6) is -1.77. The third kappa shape index (κ3) is 5.01. The van der Waals surface area contributed by atoms with Gasteiger partial charge in [0.05, 0.1) is 6.42 Å². The summed E-state index contributed by atoms with van der Waals surface area (Å²) in [6.07, 6.45) is 4.51. The first-order chi connectivity index (χ1) is 11.5. The number of likely N-dealkylation sites (tertiary alicyclic amines) is 1. The molecule has 1 N–H and O–H groups in total. The molecule has 1 aliphatic heterocycles. The zero-order valence-electron chi connectivity index (χ0n) is 13.3. The van der Waals surface area contributed by atoms with Crippen LogP contribution in [0.2, 0.25) is 0 Å². The lowest BCUT2D eigenvalue weighted by molar-refractivity contribution is -0.138. The number of carbonyl (C=O) groups excluding carboxylic acids is 2. The number of unbranched alkanes of at least 4 members (excludes halogenated alkanes) is 3. The summed E-state index contributed by atoms with van der Waals surface area (Å²) >= 11 is 0. The van der Waals surface area contributed by atoms with E-state index in [1.54, 1.807) is 18.2 Å². The van der Waals surface area contributed by atoms with Gasteiger partial charge in [-0.15, -0.1) is 0 Å². The molecule has 2 amide bonds. The summed E-state index contributed by atoms with van der Waals surface area (Å²) in [6.45, 7) is 0.339. The minimum Gasteiger partial charge on any atom is -0.481 e. The number of carboxylic acid groups (broad SMARTS) is 1. The SMILES string of the molecule is O=C(O)CCCCCCN1C(=O)C/C(=C\c2cccc(F)c2)C1=O. The Bertz CT molecular complexity index is 669. The van der Waals surface area contributed by atoms with Gasteiger partial charge in [0.1, 0.15) is 5.82 Å². The van der Waals surface area contributed by atoms with Gasteiger partial charge in [0.25, 0.3) is 5.91 Å². The number of hydrogen-bond acceptors (Lipinski definition) is 3. The molecule has 1 heterocycles. The van der Waals surface area contributed by atoms with Gasteiger partial charge in [-0.05, 0) is 36.6 Å². The zero-order chi connectivity index (χ0) is 17.5. The van der Waals surface area contributed by atoms with Gasteiger partial charge >= 0.3 is 5.97 Å². The topological polar surface area (TPSA) is 74.7 Å². The van der Waals surface area contributed by atoms with Gasteiger partial charge in [-0.2, -0.15) is 0 Å². The average Bonchev–Trinajstić information content (AvgIpc) is 2.77. The lowest BCUT2D eigenvalue weighted by atomic mass is 10.1. The zero-order valence-corrected chi connectivity index (χ0v) is 13.3. The summed E-state index contributed by atoms with van der Waals surface area (Å²) < 4.78 is 13.2. The van der Waals surface area contributed by atoms with Gasteiger partial charge in [0.2, 0.25) is 5.91 Å². The molecular formula is C18H20FNO4. The van der Waals surface area contributed by atoms with Crippen LogP contribution in [0.3, 0.4) is 0 Å². The number of amides is 2. The van der Waals surface area contributed by atoms with Crippen LogP contribution < -0.4 is 0 Å². The van der Waals surface area contributed by atoms with E-state index in [2.05, 4.69) is 0 Å². The fourth-order valence-electron chi connectivity index (χ4n) is 2.66. The van der Waals surface area contributed by atoms with Crippen LogP contribution in [0.15, 0.2) is 29.8 Å². The highest BCUT2D eigenvalue weighted by atomic mass is 19.1. The number of hydrogen-bond donors (Lipinski definition) is 1. The molecule has 0 unspecified atom stereocenters. The predicted molar refractivity (Wildman–Crippen MR) is 86.4 cm³/mol. The molecule has 1 aromatic carbocycles. The van der Waals surface area contributed by atoms with Crippen molar-refractivity contribution in [3.63, 3.8) is 0 Å². The second kappa shape index (κ2) is 8.38. The third-order valence-electron chi connectivity index (χ3n) is 3.87. The highest BCUT2D eigenvalue weighted by Gasteiger charge is 2.33. The van der Waals surface area contributed by atoms with Crippen LogP contribution in [0.1, 0.15) is 44.1 Å². The van der Waals surface area contributed by atoms with E-state index in [1.807, 2.05) is 0 Å². The van der Waals surface area contributed by atoms with Crippen LogP contribution in [0.25, 0.3) is 6.08 Å². The Hall–Kier alpha value is -2.50. The number of halogens is 1. The first kappa shape index (κ1) is 17.8. The monoisotopic (exact) mass is 333 g/mol. The Balaban J connectivity index is 1.86. The molecule has 6 heteroatoms. The van der Waals surface area contributed by atoms with Crippen molar-refractivity contribution >= 4 is 23.9 Å². The van der Waals surface area contributed by atoms with Gasteiger partial charge in [-0.3, -0.25) is 19.3 Å². The van der Waals surface area contributed by atoms with Crippen molar-refractivity contribution in [1.82, 2.24) is 4.90 Å². The maximum absolute atomic E-state index is 13.2. The number of aliphatic carboxylic acids is 1. The minimum atomic E-state index is -0.813. The summed E-state index contributed by atoms with van der Waals surface area (Å²) in [7, 11) is 0. The van der Waals surface area contributed by atoms with Crippen molar-refractivity contribution in [3.8, 4) is 0 Å². The number of benzene rings is 1. The maximum Gasteiger partial charge on any atom is 0.303 e. The molecule has 0 saturated carbocycles. The lowest BCUT2D eigenvalue weighted by Crippen LogP contribution is -2.30. The molecule has 0 bridgehead atoms. The quantitative estimate of drug-likeness (QED) is 0.451. The molecule has 0 spiro atoms. The fraction of sp³-hybridized carbons (Fsp3) is 0.389. The second-order valence-electron chi connectivity index (χ2n) is 5.81. The van der Waals surface area contributed by atoms with Crippen LogP contribution in [-0.4, -0.2) is 34.3 Å². The van der Waals surface area contributed by atoms with E-state index in [4.69, 9.17) is 5.11 Å². The standard InChI is InChI=1S/C18H20FNO4/c19-15-7-5-6-13(11-15)10-14-12-16(21)20(18(14)24)9-4-2-1-3-8-17(22)23/h5-7,10-11H,1-4,8-9,12H2,(H,22,23)/b14-10+. The first-order valence-corrected chi connectivity index (χ1v) is 8.00. The smallest absolute Gasteiger partial charge is 0.303 e. The fourth-order valence-corrected chi connectivity index (χ4v) is 2.66. The minimum absolute atomic E-state index is 0.0361. The molecule has 2 rings (SSSR count). The summed E-state index contributed by atoms with van der Waals surface area (Å²) in [5.41, 5.74) is 0.929. The molecule has 1 fully saturated rings. The van der Waals surface area contributed by atoms with Crippen molar-refractivity contribution in [1.29, 1.82) is 0 Å². The van der Waals surface area contributed by atoms with E-state index < -0.39 is 5.97 Å². The molecule has 5 nitrogen and oxygen atoms in total. The summed E-state index contributed by atoms with van der Waals surface area (Å²) in [6, 6.07) is 5.87. The Labute approximate surface area is 139 Å². The van der Waals surface area contributed by atoms with Crippen LogP contribution in [0, 0.1) is 5.82 Å². The van der Waals surface area contributed by atoms with Crippen LogP contribution in [0.5, 0.6) is 0 Å². The maximum atomic E-state index is 13.2. The van der Waals surface area contributed by atoms with Crippen molar-refractivity contribution in [3.05, 3.63) is 41.2 Å². The molecule has 0 aromatic heterocycles. The normalized spacial score (nSPS) is 16.2. The molecule has 0 aliphatic carbocycles. The van der Waals surface area contributed by atoms with Crippen molar-refractivity contribution in [2.24, 2.45) is 0 Å². The van der Waals surface area contributed by atoms with E-state index in [-0.39, 0.29) is 30.5 Å². The highest BCUT2D eigenvalue weighted by Crippen LogP contribution is 2.22. The number of imide groups is 1. The molecule has 0 atom stereocenters. The Morgan fingerprint density at radius 3 is 2.67 bits per heavy atom. The Morgan fingerprint density at radius 1 is 1.21 bits per heavy atom. The summed E-state index contributed by atoms with van der Waals surface area (Å²) in [5, 5.41) is 8.55. The van der Waals surface area contributed by atoms with Gasteiger partial charge < -0.3 is 5.11 Å². The van der Waals surface area contributed by atoms with Crippen molar-refractivity contribution in [2.75, 3.05) is 6.54 Å². The van der Waals surface area contributed by atoms with Gasteiger partial charge in [0.15, 0.2) is 0 Å². The molecule has 24 heavy (non-hydrogen) atoms. The molecule has 1 aromatic rings. The molecule has 1 aliphatic rings. The van der Waals surface area contributed by atoms with E-state index in [9.17, 15) is 18.8 Å². The van der Waals surface area contributed by atoms with Gasteiger partial charge in [-0.1, -0.05) is 25.0 Å². The Kier molecular flexibility index (Phi) is 6.23. The number of nitrogens with zero attached hydrogens (tertiary/aromatic N) is 1. The average molecular weight is 333 g/mol. The molecule has 128 valence electrons. The molecular weight excluding hydrogens is 313 g/mol. The second-order valence-corrected chi connectivity index (χ2v) is 5.81. The van der Waals surface area contributed by atoms with Crippen LogP contribution >= 0.6 is 0 Å². The summed E-state index contributed by atoms with van der Waals surface area (Å²) in [4.78, 5) is 35.9. The van der Waals surface area contributed by atoms with E-state index in [1.165, 1.54) is 17.0 Å². The van der Waals surface area contributed by atoms with E-state index in [0.717, 1.165) is 12.8 Å². The van der Waals surface area contributed by atoms with E-state index >= 15 is 0 Å². The lowest BCUT2D eigenvalue weighted by Gasteiger charge is -2.12. The van der Waals surface area contributed by atoms with Crippen LogP contribution in [0.4, 0.5) is 4.39 Å². The highest BCUT2D eigenvalue weighted by molar-refractivity contribution is 6.15. The van der Waals surface area contributed by atoms with Gasteiger partial charge in [-0.25, -0.2) is 4.39 Å². The van der Waals surface area contributed by atoms with Crippen LogP contribution in [-0.2, 0) is 14.4 Å². The number of carbonyl (C=O) groups is 3.